The van der Waals surface area contributed by atoms with Gasteiger partial charge in [-0.2, -0.15) is 10.2 Å². The average Bonchev–Trinajstić information content (AvgIpc) is 3.44. The van der Waals surface area contributed by atoms with Crippen LogP contribution in [0.2, 0.25) is 0 Å². The summed E-state index contributed by atoms with van der Waals surface area (Å²) in [5.74, 6) is -0.483. The SMILES string of the molecule is NS(=O)(=O)c1ccc(-n2nc(C(=O)N/N=C\c3ccncc3)cc2-c2cccs2)cc1. The van der Waals surface area contributed by atoms with E-state index in [0.29, 0.717) is 11.4 Å². The molecule has 11 heteroatoms. The van der Waals surface area contributed by atoms with Gasteiger partial charge in [-0.25, -0.2) is 23.7 Å². The van der Waals surface area contributed by atoms with E-state index in [9.17, 15) is 13.2 Å². The molecule has 0 fully saturated rings. The van der Waals surface area contributed by atoms with Crippen molar-refractivity contribution in [1.29, 1.82) is 0 Å². The van der Waals surface area contributed by atoms with Crippen molar-refractivity contribution in [3.05, 3.63) is 83.6 Å². The number of benzene rings is 1. The van der Waals surface area contributed by atoms with Crippen LogP contribution in [0.15, 0.2) is 82.4 Å². The first-order valence-corrected chi connectivity index (χ1v) is 11.3. The number of sulfonamides is 1. The van der Waals surface area contributed by atoms with Crippen molar-refractivity contribution >= 4 is 33.5 Å². The molecule has 0 aliphatic heterocycles. The number of primary sulfonamides is 1. The zero-order valence-electron chi connectivity index (χ0n) is 15.9. The van der Waals surface area contributed by atoms with Gasteiger partial charge in [0, 0.05) is 12.4 Å². The number of nitrogens with one attached hydrogen (secondary N) is 1. The Kier molecular flexibility index (Phi) is 5.71. The van der Waals surface area contributed by atoms with Gasteiger partial charge in [-0.05, 0) is 59.5 Å². The van der Waals surface area contributed by atoms with E-state index in [4.69, 9.17) is 5.14 Å². The maximum absolute atomic E-state index is 12.6. The van der Waals surface area contributed by atoms with Crippen LogP contribution in [0.5, 0.6) is 0 Å². The average molecular weight is 453 g/mol. The quantitative estimate of drug-likeness (QED) is 0.342. The summed E-state index contributed by atoms with van der Waals surface area (Å²) >= 11 is 1.49. The van der Waals surface area contributed by atoms with Gasteiger partial charge < -0.3 is 0 Å². The number of thiophene rings is 1. The third-order valence-corrected chi connectivity index (χ3v) is 6.03. The predicted molar refractivity (Wildman–Crippen MR) is 118 cm³/mol. The number of hydrogen-bond donors (Lipinski definition) is 2. The van der Waals surface area contributed by atoms with E-state index in [2.05, 4.69) is 20.6 Å². The van der Waals surface area contributed by atoms with Gasteiger partial charge in [0.15, 0.2) is 5.69 Å². The van der Waals surface area contributed by atoms with Crippen molar-refractivity contribution in [3.63, 3.8) is 0 Å². The zero-order chi connectivity index (χ0) is 21.8. The van der Waals surface area contributed by atoms with Crippen LogP contribution in [-0.2, 0) is 10.0 Å². The lowest BCUT2D eigenvalue weighted by atomic mass is 10.2. The highest BCUT2D eigenvalue weighted by Gasteiger charge is 2.18. The number of amides is 1. The largest absolute Gasteiger partial charge is 0.291 e. The van der Waals surface area contributed by atoms with Crippen LogP contribution in [-0.4, -0.2) is 35.3 Å². The minimum atomic E-state index is -3.81. The first-order valence-electron chi connectivity index (χ1n) is 8.92. The normalized spacial score (nSPS) is 11.6. The molecular weight excluding hydrogens is 436 g/mol. The number of hydrazone groups is 1. The smallest absolute Gasteiger partial charge is 0.265 e. The Bertz CT molecular complexity index is 1330. The third kappa shape index (κ3) is 4.74. The molecular formula is C20H16N6O3S2. The summed E-state index contributed by atoms with van der Waals surface area (Å²) in [4.78, 5) is 17.4. The Morgan fingerprint density at radius 2 is 1.87 bits per heavy atom. The first kappa shape index (κ1) is 20.6. The number of aromatic nitrogens is 3. The molecule has 0 radical (unpaired) electrons. The van der Waals surface area contributed by atoms with Crippen molar-refractivity contribution in [2.24, 2.45) is 10.2 Å². The van der Waals surface area contributed by atoms with Crippen LogP contribution >= 0.6 is 11.3 Å². The summed E-state index contributed by atoms with van der Waals surface area (Å²) < 4.78 is 24.6. The number of pyridine rings is 1. The van der Waals surface area contributed by atoms with Gasteiger partial charge in [-0.15, -0.1) is 11.3 Å². The van der Waals surface area contributed by atoms with Gasteiger partial charge >= 0.3 is 0 Å². The number of hydrogen-bond acceptors (Lipinski definition) is 7. The van der Waals surface area contributed by atoms with Crippen molar-refractivity contribution < 1.29 is 13.2 Å². The summed E-state index contributed by atoms with van der Waals surface area (Å²) in [6.07, 6.45) is 4.75. The lowest BCUT2D eigenvalue weighted by Crippen LogP contribution is -2.18. The summed E-state index contributed by atoms with van der Waals surface area (Å²) in [6, 6.07) is 14.9. The van der Waals surface area contributed by atoms with E-state index in [0.717, 1.165) is 10.4 Å². The molecule has 1 amide bonds. The number of carbonyl (C=O) groups is 1. The molecule has 3 heterocycles. The second kappa shape index (κ2) is 8.60. The maximum atomic E-state index is 12.6. The molecule has 4 rings (SSSR count). The van der Waals surface area contributed by atoms with Gasteiger partial charge in [-0.3, -0.25) is 9.78 Å². The molecule has 1 aromatic carbocycles. The molecule has 3 aromatic heterocycles. The molecule has 0 saturated carbocycles. The summed E-state index contributed by atoms with van der Waals surface area (Å²) in [6.45, 7) is 0. The molecule has 0 unspecified atom stereocenters. The van der Waals surface area contributed by atoms with Crippen LogP contribution in [0.25, 0.3) is 16.3 Å². The summed E-state index contributed by atoms with van der Waals surface area (Å²) in [5, 5.41) is 15.4. The first-order chi connectivity index (χ1) is 14.9. The number of nitrogens with zero attached hydrogens (tertiary/aromatic N) is 4. The molecule has 0 aliphatic carbocycles. The molecule has 4 aromatic rings. The standard InChI is InChI=1S/C20H16N6O3S2/c21-31(28,29)16-5-3-15(4-6-16)26-18(19-2-1-11-30-19)12-17(25-26)20(27)24-23-13-14-7-9-22-10-8-14/h1-13H,(H,24,27)(H2,21,28,29)/b23-13-. The van der Waals surface area contributed by atoms with Gasteiger partial charge in [-0.1, -0.05) is 6.07 Å². The summed E-state index contributed by atoms with van der Waals surface area (Å²) in [7, 11) is -3.81. The minimum absolute atomic E-state index is 0.00973. The number of carbonyl (C=O) groups excluding carboxylic acids is 1. The van der Waals surface area contributed by atoms with Crippen molar-refractivity contribution in [2.45, 2.75) is 4.90 Å². The fourth-order valence-corrected chi connectivity index (χ4v) is 3.98. The highest BCUT2D eigenvalue weighted by molar-refractivity contribution is 7.89. The monoisotopic (exact) mass is 452 g/mol. The van der Waals surface area contributed by atoms with E-state index in [-0.39, 0.29) is 10.6 Å². The molecule has 3 N–H and O–H groups in total. The topological polar surface area (TPSA) is 132 Å². The fraction of sp³-hybridized carbons (Fsp3) is 0. The van der Waals surface area contributed by atoms with Crippen molar-refractivity contribution in [1.82, 2.24) is 20.2 Å². The fourth-order valence-electron chi connectivity index (χ4n) is 2.74. The van der Waals surface area contributed by atoms with Crippen LogP contribution in [0, 0.1) is 0 Å². The molecule has 31 heavy (non-hydrogen) atoms. The van der Waals surface area contributed by atoms with Crippen molar-refractivity contribution in [3.8, 4) is 16.3 Å². The second-order valence-corrected chi connectivity index (χ2v) is 8.83. The Labute approximate surface area is 181 Å². The van der Waals surface area contributed by atoms with E-state index >= 15 is 0 Å². The second-order valence-electron chi connectivity index (χ2n) is 6.32. The molecule has 0 spiro atoms. The van der Waals surface area contributed by atoms with Gasteiger partial charge in [0.1, 0.15) is 0 Å². The Morgan fingerprint density at radius 3 is 2.52 bits per heavy atom. The van der Waals surface area contributed by atoms with Crippen molar-refractivity contribution in [2.75, 3.05) is 0 Å². The lowest BCUT2D eigenvalue weighted by molar-refractivity contribution is 0.0949. The van der Waals surface area contributed by atoms with Crippen LogP contribution in [0.4, 0.5) is 0 Å². The Morgan fingerprint density at radius 1 is 1.13 bits per heavy atom. The van der Waals surface area contributed by atoms with Crippen LogP contribution in [0.3, 0.4) is 0 Å². The van der Waals surface area contributed by atoms with Gasteiger partial charge in [0.25, 0.3) is 5.91 Å². The zero-order valence-corrected chi connectivity index (χ0v) is 17.5. The summed E-state index contributed by atoms with van der Waals surface area (Å²) in [5.41, 5.74) is 4.66. The van der Waals surface area contributed by atoms with E-state index in [1.807, 2.05) is 17.5 Å². The van der Waals surface area contributed by atoms with Crippen LogP contribution in [0.1, 0.15) is 16.1 Å². The van der Waals surface area contributed by atoms with Gasteiger partial charge in [0.05, 0.1) is 27.4 Å². The van der Waals surface area contributed by atoms with Crippen LogP contribution < -0.4 is 10.6 Å². The van der Waals surface area contributed by atoms with E-state index in [1.54, 1.807) is 47.4 Å². The highest BCUT2D eigenvalue weighted by Crippen LogP contribution is 2.28. The minimum Gasteiger partial charge on any atom is -0.265 e. The molecule has 9 nitrogen and oxygen atoms in total. The highest BCUT2D eigenvalue weighted by atomic mass is 32.2. The third-order valence-electron chi connectivity index (χ3n) is 4.21. The van der Waals surface area contributed by atoms with E-state index < -0.39 is 15.9 Å². The molecule has 0 aliphatic rings. The van der Waals surface area contributed by atoms with Gasteiger partial charge in [0.2, 0.25) is 10.0 Å². The molecule has 0 atom stereocenters. The molecule has 0 saturated heterocycles. The number of nitrogens with two attached hydrogens (primary N) is 1. The molecule has 156 valence electrons. The number of rotatable bonds is 6. The lowest BCUT2D eigenvalue weighted by Gasteiger charge is -2.07. The predicted octanol–water partition coefficient (Wildman–Crippen LogP) is 2.41. The maximum Gasteiger partial charge on any atom is 0.291 e. The van der Waals surface area contributed by atoms with E-state index in [1.165, 1.54) is 29.7 Å². The molecule has 0 bridgehead atoms. The Balaban J connectivity index is 1.64. The Hall–Kier alpha value is -3.67.